The number of benzene rings is 3. The summed E-state index contributed by atoms with van der Waals surface area (Å²) in [5.41, 5.74) is 4.85. The summed E-state index contributed by atoms with van der Waals surface area (Å²) in [6, 6.07) is 28.1. The van der Waals surface area contributed by atoms with Crippen LogP contribution in [-0.4, -0.2) is 41.3 Å². The third-order valence-corrected chi connectivity index (χ3v) is 6.04. The molecule has 0 aliphatic carbocycles. The van der Waals surface area contributed by atoms with E-state index in [0.717, 1.165) is 48.5 Å². The number of aromatic nitrogens is 3. The molecule has 0 saturated carbocycles. The minimum atomic E-state index is 0.462. The van der Waals surface area contributed by atoms with Gasteiger partial charge in [0.1, 0.15) is 11.4 Å². The summed E-state index contributed by atoms with van der Waals surface area (Å²) in [6.45, 7) is 3.34. The molecule has 2 aromatic heterocycles. The van der Waals surface area contributed by atoms with E-state index in [4.69, 9.17) is 19.4 Å². The standard InChI is InChI=1S/C28H25N5O2/c1-3-7-20(8-4-1)24-19-29-26-25(24)27(35-23-9-5-2-6-10-23)32-28(31-26)30-21-11-13-22(14-12-21)33-15-17-34-18-16-33/h1-14,19H,15-18H2,(H2,29,30,31,32). The van der Waals surface area contributed by atoms with Crippen LogP contribution in [0, 0.1) is 0 Å². The molecule has 7 heteroatoms. The van der Waals surface area contributed by atoms with Crippen molar-refractivity contribution in [3.05, 3.63) is 91.1 Å². The van der Waals surface area contributed by atoms with Crippen LogP contribution in [0.25, 0.3) is 22.2 Å². The number of aromatic amines is 1. The highest BCUT2D eigenvalue weighted by atomic mass is 16.5. The molecule has 0 spiro atoms. The lowest BCUT2D eigenvalue weighted by atomic mass is 10.1. The van der Waals surface area contributed by atoms with Crippen LogP contribution in [-0.2, 0) is 4.74 Å². The third-order valence-electron chi connectivity index (χ3n) is 6.04. The number of nitrogens with zero attached hydrogens (tertiary/aromatic N) is 3. The molecule has 0 unspecified atom stereocenters. The Morgan fingerprint density at radius 2 is 1.54 bits per heavy atom. The van der Waals surface area contributed by atoms with E-state index in [0.29, 0.717) is 23.2 Å². The number of hydrogen-bond donors (Lipinski definition) is 2. The number of anilines is 3. The zero-order valence-corrected chi connectivity index (χ0v) is 19.1. The Bertz CT molecular complexity index is 1410. The van der Waals surface area contributed by atoms with Gasteiger partial charge in [-0.05, 0) is 42.0 Å². The first-order valence-corrected chi connectivity index (χ1v) is 11.7. The second kappa shape index (κ2) is 9.48. The van der Waals surface area contributed by atoms with Crippen molar-refractivity contribution in [2.75, 3.05) is 36.5 Å². The van der Waals surface area contributed by atoms with Crippen LogP contribution >= 0.6 is 0 Å². The van der Waals surface area contributed by atoms with Crippen LogP contribution in [0.3, 0.4) is 0 Å². The van der Waals surface area contributed by atoms with E-state index in [2.05, 4.69) is 39.5 Å². The van der Waals surface area contributed by atoms with Crippen LogP contribution < -0.4 is 15.0 Å². The monoisotopic (exact) mass is 463 g/mol. The van der Waals surface area contributed by atoms with Crippen LogP contribution in [0.2, 0.25) is 0 Å². The maximum atomic E-state index is 6.26. The fraction of sp³-hybridized carbons (Fsp3) is 0.143. The maximum absolute atomic E-state index is 6.26. The first-order valence-electron chi connectivity index (χ1n) is 11.7. The molecular weight excluding hydrogens is 438 g/mol. The van der Waals surface area contributed by atoms with Gasteiger partial charge < -0.3 is 24.7 Å². The Hall–Kier alpha value is -4.36. The molecule has 35 heavy (non-hydrogen) atoms. The number of fused-ring (bicyclic) bond motifs is 1. The van der Waals surface area contributed by atoms with E-state index in [-0.39, 0.29) is 0 Å². The molecule has 7 nitrogen and oxygen atoms in total. The van der Waals surface area contributed by atoms with Gasteiger partial charge in [0.05, 0.1) is 18.6 Å². The average molecular weight is 464 g/mol. The minimum Gasteiger partial charge on any atom is -0.438 e. The molecule has 1 saturated heterocycles. The summed E-state index contributed by atoms with van der Waals surface area (Å²) in [4.78, 5) is 15.1. The summed E-state index contributed by atoms with van der Waals surface area (Å²) in [7, 11) is 0. The summed E-state index contributed by atoms with van der Waals surface area (Å²) in [6.07, 6.45) is 1.95. The molecule has 3 heterocycles. The fourth-order valence-corrected chi connectivity index (χ4v) is 4.28. The first kappa shape index (κ1) is 21.2. The Labute approximate surface area is 203 Å². The number of rotatable bonds is 6. The van der Waals surface area contributed by atoms with Crippen molar-refractivity contribution in [1.82, 2.24) is 15.0 Å². The van der Waals surface area contributed by atoms with Gasteiger partial charge in [-0.25, -0.2) is 0 Å². The van der Waals surface area contributed by atoms with Crippen LogP contribution in [0.1, 0.15) is 0 Å². The molecule has 0 radical (unpaired) electrons. The SMILES string of the molecule is c1ccc(Oc2nc(Nc3ccc(N4CCOCC4)cc3)nc3[nH]cc(-c4ccccc4)c23)cc1. The highest BCUT2D eigenvalue weighted by Crippen LogP contribution is 2.36. The van der Waals surface area contributed by atoms with Crippen molar-refractivity contribution in [2.45, 2.75) is 0 Å². The average Bonchev–Trinajstić information content (AvgIpc) is 3.35. The number of para-hydroxylation sites is 1. The molecular formula is C28H25N5O2. The number of hydrogen-bond acceptors (Lipinski definition) is 6. The van der Waals surface area contributed by atoms with Crippen molar-refractivity contribution >= 4 is 28.4 Å². The van der Waals surface area contributed by atoms with E-state index < -0.39 is 0 Å². The highest BCUT2D eigenvalue weighted by molar-refractivity contribution is 5.98. The van der Waals surface area contributed by atoms with Gasteiger partial charge in [-0.3, -0.25) is 0 Å². The number of morpholine rings is 1. The van der Waals surface area contributed by atoms with E-state index in [1.165, 1.54) is 5.69 Å². The fourth-order valence-electron chi connectivity index (χ4n) is 4.28. The van der Waals surface area contributed by atoms with E-state index in [9.17, 15) is 0 Å². The number of H-pyrrole nitrogens is 1. The summed E-state index contributed by atoms with van der Waals surface area (Å²) in [5.74, 6) is 1.67. The Kier molecular flexibility index (Phi) is 5.74. The first-order chi connectivity index (χ1) is 17.3. The molecule has 3 aromatic carbocycles. The van der Waals surface area contributed by atoms with Gasteiger partial charge in [-0.2, -0.15) is 9.97 Å². The van der Waals surface area contributed by atoms with Crippen LogP contribution in [0.4, 0.5) is 17.3 Å². The molecule has 6 rings (SSSR count). The van der Waals surface area contributed by atoms with Gasteiger partial charge in [0.2, 0.25) is 11.8 Å². The lowest BCUT2D eigenvalue weighted by Crippen LogP contribution is -2.36. The Morgan fingerprint density at radius 3 is 2.29 bits per heavy atom. The molecule has 174 valence electrons. The van der Waals surface area contributed by atoms with Crippen molar-refractivity contribution in [3.8, 4) is 22.8 Å². The largest absolute Gasteiger partial charge is 0.438 e. The zero-order chi connectivity index (χ0) is 23.5. The number of ether oxygens (including phenoxy) is 2. The summed E-state index contributed by atoms with van der Waals surface area (Å²) >= 11 is 0. The summed E-state index contributed by atoms with van der Waals surface area (Å²) < 4.78 is 11.7. The molecule has 1 aliphatic rings. The van der Waals surface area contributed by atoms with Gasteiger partial charge in [0.15, 0.2) is 0 Å². The van der Waals surface area contributed by atoms with Crippen molar-refractivity contribution in [1.29, 1.82) is 0 Å². The van der Waals surface area contributed by atoms with Gasteiger partial charge >= 0.3 is 0 Å². The number of nitrogens with one attached hydrogen (secondary N) is 2. The summed E-state index contributed by atoms with van der Waals surface area (Å²) in [5, 5.41) is 4.18. The van der Waals surface area contributed by atoms with Crippen LogP contribution in [0.5, 0.6) is 11.6 Å². The lowest BCUT2D eigenvalue weighted by molar-refractivity contribution is 0.122. The van der Waals surface area contributed by atoms with E-state index >= 15 is 0 Å². The molecule has 0 atom stereocenters. The Morgan fingerprint density at radius 1 is 0.829 bits per heavy atom. The second-order valence-electron chi connectivity index (χ2n) is 8.33. The van der Waals surface area contributed by atoms with Gasteiger partial charge in [0.25, 0.3) is 0 Å². The van der Waals surface area contributed by atoms with Crippen LogP contribution in [0.15, 0.2) is 91.1 Å². The third kappa shape index (κ3) is 4.54. The smallest absolute Gasteiger partial charge is 0.234 e. The normalized spacial score (nSPS) is 13.7. The van der Waals surface area contributed by atoms with E-state index in [1.54, 1.807) is 0 Å². The molecule has 1 aliphatic heterocycles. The van der Waals surface area contributed by atoms with Crippen molar-refractivity contribution in [3.63, 3.8) is 0 Å². The van der Waals surface area contributed by atoms with Crippen molar-refractivity contribution < 1.29 is 9.47 Å². The molecule has 2 N–H and O–H groups in total. The minimum absolute atomic E-state index is 0.462. The zero-order valence-electron chi connectivity index (χ0n) is 19.1. The topological polar surface area (TPSA) is 75.3 Å². The van der Waals surface area contributed by atoms with Gasteiger partial charge in [-0.15, -0.1) is 0 Å². The Balaban J connectivity index is 1.35. The molecule has 0 amide bonds. The predicted molar refractivity (Wildman–Crippen MR) is 139 cm³/mol. The second-order valence-corrected chi connectivity index (χ2v) is 8.33. The molecule has 5 aromatic rings. The van der Waals surface area contributed by atoms with E-state index in [1.807, 2.05) is 66.9 Å². The lowest BCUT2D eigenvalue weighted by Gasteiger charge is -2.28. The quantitative estimate of drug-likeness (QED) is 0.322. The predicted octanol–water partition coefficient (Wildman–Crippen LogP) is 6.00. The molecule has 0 bridgehead atoms. The molecule has 1 fully saturated rings. The van der Waals surface area contributed by atoms with Gasteiger partial charge in [-0.1, -0.05) is 48.5 Å². The van der Waals surface area contributed by atoms with Gasteiger partial charge in [0, 0.05) is 36.2 Å². The maximum Gasteiger partial charge on any atom is 0.234 e. The van der Waals surface area contributed by atoms with Crippen molar-refractivity contribution in [2.24, 2.45) is 0 Å². The highest BCUT2D eigenvalue weighted by Gasteiger charge is 2.17.